The first-order valence-electron chi connectivity index (χ1n) is 5.50. The van der Waals surface area contributed by atoms with Crippen LogP contribution in [0.2, 0.25) is 0 Å². The third kappa shape index (κ3) is 2.40. The number of hydrogen-bond acceptors (Lipinski definition) is 1. The lowest BCUT2D eigenvalue weighted by atomic mass is 9.87. The van der Waals surface area contributed by atoms with Gasteiger partial charge in [0, 0.05) is 0 Å². The second-order valence-electron chi connectivity index (χ2n) is 4.12. The Kier molecular flexibility index (Phi) is 3.42. The fourth-order valence-electron chi connectivity index (χ4n) is 2.31. The Labute approximate surface area is 95.4 Å². The Morgan fingerprint density at radius 1 is 1.33 bits per heavy atom. The molecule has 0 spiro atoms. The van der Waals surface area contributed by atoms with Crippen molar-refractivity contribution in [3.8, 4) is 0 Å². The molecule has 2 heteroatoms. The van der Waals surface area contributed by atoms with Gasteiger partial charge in [-0.2, -0.15) is 0 Å². The fraction of sp³-hybridized carbons (Fsp3) is 0.462. The van der Waals surface area contributed by atoms with E-state index in [0.29, 0.717) is 6.42 Å². The first-order valence-corrected chi connectivity index (χ1v) is 5.94. The zero-order valence-corrected chi connectivity index (χ0v) is 9.46. The number of aryl methyl sites for hydroxylation is 1. The van der Waals surface area contributed by atoms with Crippen molar-refractivity contribution >= 4 is 17.9 Å². The second-order valence-corrected chi connectivity index (χ2v) is 4.68. The van der Waals surface area contributed by atoms with Gasteiger partial charge in [0.15, 0.2) is 0 Å². The van der Waals surface area contributed by atoms with E-state index in [4.69, 9.17) is 11.6 Å². The lowest BCUT2D eigenvalue weighted by Gasteiger charge is -2.19. The van der Waals surface area contributed by atoms with Gasteiger partial charge < -0.3 is 4.79 Å². The molecule has 0 radical (unpaired) electrons. The average Bonchev–Trinajstić information content (AvgIpc) is 2.29. The molecule has 2 rings (SSSR count). The van der Waals surface area contributed by atoms with Gasteiger partial charge >= 0.3 is 0 Å². The number of alkyl halides is 1. The molecule has 1 aromatic carbocycles. The summed E-state index contributed by atoms with van der Waals surface area (Å²) in [5.74, 6) is 0. The van der Waals surface area contributed by atoms with Gasteiger partial charge in [0.05, 0.1) is 5.38 Å². The first kappa shape index (κ1) is 10.7. The van der Waals surface area contributed by atoms with Gasteiger partial charge in [-0.3, -0.25) is 0 Å². The number of rotatable bonds is 3. The number of fused-ring (bicyclic) bond motifs is 1. The molecule has 1 atom stereocenters. The van der Waals surface area contributed by atoms with E-state index in [1.807, 2.05) is 0 Å². The second kappa shape index (κ2) is 4.80. The van der Waals surface area contributed by atoms with Crippen LogP contribution in [0.4, 0.5) is 0 Å². The van der Waals surface area contributed by atoms with E-state index >= 15 is 0 Å². The third-order valence-electron chi connectivity index (χ3n) is 3.06. The summed E-state index contributed by atoms with van der Waals surface area (Å²) in [6, 6.07) is 6.37. The molecule has 0 saturated carbocycles. The van der Waals surface area contributed by atoms with Gasteiger partial charge in [0.2, 0.25) is 0 Å². The van der Waals surface area contributed by atoms with Gasteiger partial charge in [-0.15, -0.1) is 11.6 Å². The zero-order valence-electron chi connectivity index (χ0n) is 8.71. The number of halogens is 1. The van der Waals surface area contributed by atoms with E-state index in [0.717, 1.165) is 12.7 Å². The topological polar surface area (TPSA) is 17.1 Å². The molecule has 1 aromatic rings. The van der Waals surface area contributed by atoms with Crippen molar-refractivity contribution in [1.82, 2.24) is 0 Å². The van der Waals surface area contributed by atoms with Crippen LogP contribution in [0.5, 0.6) is 0 Å². The minimum atomic E-state index is -0.376. The monoisotopic (exact) mass is 222 g/mol. The van der Waals surface area contributed by atoms with Gasteiger partial charge in [-0.05, 0) is 48.8 Å². The SMILES string of the molecule is O=CC(Cl)Cc1cccc2c1CCCC2. The third-order valence-corrected chi connectivity index (χ3v) is 3.31. The van der Waals surface area contributed by atoms with Crippen LogP contribution in [0, 0.1) is 0 Å². The van der Waals surface area contributed by atoms with Crippen LogP contribution in [-0.4, -0.2) is 11.7 Å². The van der Waals surface area contributed by atoms with E-state index < -0.39 is 0 Å². The molecule has 0 saturated heterocycles. The molecular formula is C13H15ClO. The molecule has 1 unspecified atom stereocenters. The first-order chi connectivity index (χ1) is 7.31. The molecule has 0 bridgehead atoms. The molecular weight excluding hydrogens is 208 g/mol. The molecule has 0 amide bonds. The van der Waals surface area contributed by atoms with Crippen molar-refractivity contribution in [3.63, 3.8) is 0 Å². The van der Waals surface area contributed by atoms with Crippen LogP contribution >= 0.6 is 11.6 Å². The molecule has 0 fully saturated rings. The van der Waals surface area contributed by atoms with Crippen molar-refractivity contribution in [1.29, 1.82) is 0 Å². The predicted octanol–water partition coefficient (Wildman–Crippen LogP) is 2.91. The van der Waals surface area contributed by atoms with Crippen LogP contribution in [0.25, 0.3) is 0 Å². The average molecular weight is 223 g/mol. The lowest BCUT2D eigenvalue weighted by Crippen LogP contribution is -2.11. The summed E-state index contributed by atoms with van der Waals surface area (Å²) in [6.07, 6.45) is 6.37. The number of aldehydes is 1. The summed E-state index contributed by atoms with van der Waals surface area (Å²) in [6.45, 7) is 0. The maximum atomic E-state index is 10.5. The smallest absolute Gasteiger partial charge is 0.138 e. The van der Waals surface area contributed by atoms with Crippen LogP contribution in [0.3, 0.4) is 0 Å². The Morgan fingerprint density at radius 2 is 2.13 bits per heavy atom. The minimum absolute atomic E-state index is 0.376. The van der Waals surface area contributed by atoms with E-state index in [9.17, 15) is 4.79 Å². The summed E-state index contributed by atoms with van der Waals surface area (Å²) in [4.78, 5) is 10.5. The zero-order chi connectivity index (χ0) is 10.7. The highest BCUT2D eigenvalue weighted by molar-refractivity contribution is 6.27. The van der Waals surface area contributed by atoms with Crippen molar-refractivity contribution in [2.24, 2.45) is 0 Å². The number of carbonyl (C=O) groups is 1. The maximum Gasteiger partial charge on any atom is 0.138 e. The maximum absolute atomic E-state index is 10.5. The van der Waals surface area contributed by atoms with Gasteiger partial charge in [0.25, 0.3) is 0 Å². The van der Waals surface area contributed by atoms with Gasteiger partial charge in [-0.1, -0.05) is 18.2 Å². The van der Waals surface area contributed by atoms with E-state index in [1.165, 1.54) is 36.0 Å². The highest BCUT2D eigenvalue weighted by atomic mass is 35.5. The lowest BCUT2D eigenvalue weighted by molar-refractivity contribution is -0.107. The summed E-state index contributed by atoms with van der Waals surface area (Å²) in [5.41, 5.74) is 4.16. The van der Waals surface area contributed by atoms with Gasteiger partial charge in [0.1, 0.15) is 6.29 Å². The van der Waals surface area contributed by atoms with E-state index in [-0.39, 0.29) is 5.38 Å². The number of hydrogen-bond donors (Lipinski definition) is 0. The molecule has 0 aliphatic heterocycles. The van der Waals surface area contributed by atoms with E-state index in [1.54, 1.807) is 0 Å². The van der Waals surface area contributed by atoms with Gasteiger partial charge in [-0.25, -0.2) is 0 Å². The Bertz CT molecular complexity index is 360. The molecule has 1 nitrogen and oxygen atoms in total. The van der Waals surface area contributed by atoms with Crippen LogP contribution in [-0.2, 0) is 24.1 Å². The molecule has 0 heterocycles. The Morgan fingerprint density at radius 3 is 2.93 bits per heavy atom. The summed E-state index contributed by atoms with van der Waals surface area (Å²) in [7, 11) is 0. The molecule has 80 valence electrons. The quantitative estimate of drug-likeness (QED) is 0.568. The van der Waals surface area contributed by atoms with Crippen molar-refractivity contribution in [2.45, 2.75) is 37.5 Å². The molecule has 1 aliphatic rings. The number of carbonyl (C=O) groups excluding carboxylic acids is 1. The summed E-state index contributed by atoms with van der Waals surface area (Å²) < 4.78 is 0. The molecule has 1 aliphatic carbocycles. The Hall–Kier alpha value is -0.820. The molecule has 0 aromatic heterocycles. The minimum Gasteiger partial charge on any atom is -0.302 e. The van der Waals surface area contributed by atoms with Crippen molar-refractivity contribution in [2.75, 3.05) is 0 Å². The van der Waals surface area contributed by atoms with Crippen LogP contribution < -0.4 is 0 Å². The summed E-state index contributed by atoms with van der Waals surface area (Å²) in [5, 5.41) is -0.376. The standard InChI is InChI=1S/C13H15ClO/c14-12(9-15)8-11-6-3-5-10-4-1-2-7-13(10)11/h3,5-6,9,12H,1-2,4,7-8H2. The van der Waals surface area contributed by atoms with Crippen molar-refractivity contribution < 1.29 is 4.79 Å². The van der Waals surface area contributed by atoms with Crippen LogP contribution in [0.1, 0.15) is 29.5 Å². The number of benzene rings is 1. The van der Waals surface area contributed by atoms with Crippen molar-refractivity contribution in [3.05, 3.63) is 34.9 Å². The predicted molar refractivity (Wildman–Crippen MR) is 62.5 cm³/mol. The summed E-state index contributed by atoms with van der Waals surface area (Å²) >= 11 is 5.87. The molecule has 15 heavy (non-hydrogen) atoms. The molecule has 0 N–H and O–H groups in total. The van der Waals surface area contributed by atoms with Crippen LogP contribution in [0.15, 0.2) is 18.2 Å². The largest absolute Gasteiger partial charge is 0.302 e. The fourth-order valence-corrected chi connectivity index (χ4v) is 2.48. The highest BCUT2D eigenvalue weighted by Gasteiger charge is 2.14. The normalized spacial score (nSPS) is 16.9. The van der Waals surface area contributed by atoms with E-state index in [2.05, 4.69) is 18.2 Å². The highest BCUT2D eigenvalue weighted by Crippen LogP contribution is 2.25. The Balaban J connectivity index is 2.26.